The Morgan fingerprint density at radius 1 is 1.37 bits per heavy atom. The number of piperidine rings is 1. The van der Waals surface area contributed by atoms with Gasteiger partial charge in [0.15, 0.2) is 0 Å². The van der Waals surface area contributed by atoms with E-state index in [0.717, 1.165) is 24.7 Å². The average Bonchev–Trinajstić information content (AvgIpc) is 2.87. The van der Waals surface area contributed by atoms with E-state index in [4.69, 9.17) is 0 Å². The molecule has 1 unspecified atom stereocenters. The van der Waals surface area contributed by atoms with Gasteiger partial charge in [0.05, 0.1) is 0 Å². The van der Waals surface area contributed by atoms with Crippen LogP contribution in [0.15, 0.2) is 36.7 Å². The molecule has 1 saturated heterocycles. The summed E-state index contributed by atoms with van der Waals surface area (Å²) in [6.45, 7) is 2.33. The molecule has 0 aliphatic carbocycles. The molecule has 1 aliphatic heterocycles. The molecule has 0 bridgehead atoms. The molecule has 100 valence electrons. The van der Waals surface area contributed by atoms with E-state index < -0.39 is 0 Å². The zero-order valence-corrected chi connectivity index (χ0v) is 11.5. The lowest BCUT2D eigenvalue weighted by atomic mass is 9.90. The highest BCUT2D eigenvalue weighted by atomic mass is 15.0. The molecular formula is C16H21N3. The molecule has 3 nitrogen and oxygen atoms in total. The maximum Gasteiger partial charge on any atom is 0.139 e. The van der Waals surface area contributed by atoms with E-state index in [-0.39, 0.29) is 0 Å². The Labute approximate surface area is 114 Å². The van der Waals surface area contributed by atoms with Crippen molar-refractivity contribution in [2.75, 3.05) is 13.1 Å². The zero-order chi connectivity index (χ0) is 13.1. The number of imidazole rings is 1. The summed E-state index contributed by atoms with van der Waals surface area (Å²) < 4.78 is 2.10. The molecule has 1 N–H and O–H groups in total. The number of aromatic nitrogens is 2. The average molecular weight is 255 g/mol. The van der Waals surface area contributed by atoms with Gasteiger partial charge in [-0.1, -0.05) is 24.3 Å². The smallest absolute Gasteiger partial charge is 0.139 e. The second-order valence-electron chi connectivity index (χ2n) is 5.44. The van der Waals surface area contributed by atoms with Gasteiger partial charge in [0.1, 0.15) is 5.82 Å². The Hall–Kier alpha value is -1.61. The van der Waals surface area contributed by atoms with Gasteiger partial charge in [-0.25, -0.2) is 4.98 Å². The van der Waals surface area contributed by atoms with E-state index in [9.17, 15) is 0 Å². The van der Waals surface area contributed by atoms with Crippen LogP contribution in [0.2, 0.25) is 0 Å². The first kappa shape index (κ1) is 12.4. The zero-order valence-electron chi connectivity index (χ0n) is 11.5. The van der Waals surface area contributed by atoms with Crippen molar-refractivity contribution in [2.24, 2.45) is 13.0 Å². The Kier molecular flexibility index (Phi) is 3.65. The minimum atomic E-state index is 0.759. The molecule has 0 radical (unpaired) electrons. The van der Waals surface area contributed by atoms with Crippen LogP contribution >= 0.6 is 0 Å². The van der Waals surface area contributed by atoms with Gasteiger partial charge >= 0.3 is 0 Å². The topological polar surface area (TPSA) is 29.9 Å². The molecule has 3 heteroatoms. The third kappa shape index (κ3) is 2.71. The number of hydrogen-bond donors (Lipinski definition) is 1. The molecule has 0 saturated carbocycles. The fraction of sp³-hybridized carbons (Fsp3) is 0.438. The lowest BCUT2D eigenvalue weighted by Crippen LogP contribution is -2.30. The number of nitrogens with one attached hydrogen (secondary N) is 1. The molecule has 1 aromatic heterocycles. The van der Waals surface area contributed by atoms with E-state index in [1.54, 1.807) is 0 Å². The number of nitrogens with zero attached hydrogens (tertiary/aromatic N) is 2. The fourth-order valence-electron chi connectivity index (χ4n) is 2.95. The highest BCUT2D eigenvalue weighted by molar-refractivity contribution is 5.60. The van der Waals surface area contributed by atoms with Crippen LogP contribution in [-0.2, 0) is 13.5 Å². The normalized spacial score (nSPS) is 19.5. The molecule has 1 atom stereocenters. The molecule has 2 heterocycles. The predicted octanol–water partition coefficient (Wildman–Crippen LogP) is 2.63. The van der Waals surface area contributed by atoms with Gasteiger partial charge in [0.2, 0.25) is 0 Å². The largest absolute Gasteiger partial charge is 0.334 e. The van der Waals surface area contributed by atoms with Crippen molar-refractivity contribution in [3.63, 3.8) is 0 Å². The molecule has 1 aliphatic rings. The predicted molar refractivity (Wildman–Crippen MR) is 77.9 cm³/mol. The van der Waals surface area contributed by atoms with Crippen molar-refractivity contribution >= 4 is 0 Å². The first-order chi connectivity index (χ1) is 9.34. The van der Waals surface area contributed by atoms with Crippen LogP contribution in [0.25, 0.3) is 11.4 Å². The van der Waals surface area contributed by atoms with Crippen LogP contribution in [0.1, 0.15) is 18.4 Å². The van der Waals surface area contributed by atoms with Gasteiger partial charge in [-0.15, -0.1) is 0 Å². The van der Waals surface area contributed by atoms with E-state index >= 15 is 0 Å². The van der Waals surface area contributed by atoms with Crippen LogP contribution in [0.5, 0.6) is 0 Å². The first-order valence-corrected chi connectivity index (χ1v) is 7.11. The van der Waals surface area contributed by atoms with Crippen LogP contribution < -0.4 is 5.32 Å². The van der Waals surface area contributed by atoms with Crippen LogP contribution in [0.3, 0.4) is 0 Å². The molecule has 1 fully saturated rings. The quantitative estimate of drug-likeness (QED) is 0.913. The summed E-state index contributed by atoms with van der Waals surface area (Å²) in [5, 5.41) is 3.50. The lowest BCUT2D eigenvalue weighted by molar-refractivity contribution is 0.376. The van der Waals surface area contributed by atoms with Crippen molar-refractivity contribution in [3.05, 3.63) is 42.2 Å². The van der Waals surface area contributed by atoms with Crippen LogP contribution in [0.4, 0.5) is 0 Å². The summed E-state index contributed by atoms with van der Waals surface area (Å²) >= 11 is 0. The Balaban J connectivity index is 1.87. The Morgan fingerprint density at radius 2 is 2.26 bits per heavy atom. The SMILES string of the molecule is Cn1ccnc1-c1ccccc1CC1CCCNC1. The minimum Gasteiger partial charge on any atom is -0.334 e. The number of rotatable bonds is 3. The monoisotopic (exact) mass is 255 g/mol. The molecular weight excluding hydrogens is 234 g/mol. The summed E-state index contributed by atoms with van der Waals surface area (Å²) in [5.41, 5.74) is 2.70. The van der Waals surface area contributed by atoms with E-state index in [0.29, 0.717) is 0 Å². The van der Waals surface area contributed by atoms with Crippen molar-refractivity contribution in [2.45, 2.75) is 19.3 Å². The highest BCUT2D eigenvalue weighted by Gasteiger charge is 2.16. The van der Waals surface area contributed by atoms with E-state index in [2.05, 4.69) is 46.2 Å². The van der Waals surface area contributed by atoms with Crippen molar-refractivity contribution in [1.82, 2.24) is 14.9 Å². The van der Waals surface area contributed by atoms with Gasteiger partial charge in [-0.2, -0.15) is 0 Å². The third-order valence-corrected chi connectivity index (χ3v) is 3.99. The second kappa shape index (κ2) is 5.57. The third-order valence-electron chi connectivity index (χ3n) is 3.99. The molecule has 0 spiro atoms. The Bertz CT molecular complexity index is 538. The molecule has 19 heavy (non-hydrogen) atoms. The Morgan fingerprint density at radius 3 is 3.00 bits per heavy atom. The summed E-state index contributed by atoms with van der Waals surface area (Å²) in [6, 6.07) is 8.68. The lowest BCUT2D eigenvalue weighted by Gasteiger charge is -2.23. The number of benzene rings is 1. The second-order valence-corrected chi connectivity index (χ2v) is 5.44. The highest BCUT2D eigenvalue weighted by Crippen LogP contribution is 2.25. The van der Waals surface area contributed by atoms with E-state index in [1.807, 2.05) is 12.4 Å². The standard InChI is InChI=1S/C16H21N3/c1-19-10-9-18-16(19)15-7-3-2-6-14(15)11-13-5-4-8-17-12-13/h2-3,6-7,9-10,13,17H,4-5,8,11-12H2,1H3. The molecule has 3 rings (SSSR count). The maximum absolute atomic E-state index is 4.49. The van der Waals surface area contributed by atoms with Gasteiger partial charge in [0.25, 0.3) is 0 Å². The summed E-state index contributed by atoms with van der Waals surface area (Å²) in [4.78, 5) is 4.49. The van der Waals surface area contributed by atoms with Crippen molar-refractivity contribution in [3.8, 4) is 11.4 Å². The van der Waals surface area contributed by atoms with Gasteiger partial charge in [0, 0.05) is 25.0 Å². The fourth-order valence-corrected chi connectivity index (χ4v) is 2.95. The van der Waals surface area contributed by atoms with Crippen molar-refractivity contribution in [1.29, 1.82) is 0 Å². The first-order valence-electron chi connectivity index (χ1n) is 7.11. The summed E-state index contributed by atoms with van der Waals surface area (Å²) in [6.07, 6.45) is 7.66. The van der Waals surface area contributed by atoms with Gasteiger partial charge < -0.3 is 9.88 Å². The van der Waals surface area contributed by atoms with E-state index in [1.165, 1.54) is 30.5 Å². The molecule has 0 amide bonds. The molecule has 1 aromatic carbocycles. The minimum absolute atomic E-state index is 0.759. The number of hydrogen-bond acceptors (Lipinski definition) is 2. The summed E-state index contributed by atoms with van der Waals surface area (Å²) in [7, 11) is 2.06. The van der Waals surface area contributed by atoms with Gasteiger partial charge in [-0.3, -0.25) is 0 Å². The van der Waals surface area contributed by atoms with Gasteiger partial charge in [-0.05, 0) is 43.8 Å². The van der Waals surface area contributed by atoms with Crippen LogP contribution in [-0.4, -0.2) is 22.6 Å². The van der Waals surface area contributed by atoms with Crippen molar-refractivity contribution < 1.29 is 0 Å². The number of aryl methyl sites for hydroxylation is 1. The maximum atomic E-state index is 4.49. The summed E-state index contributed by atoms with van der Waals surface area (Å²) in [5.74, 6) is 1.83. The van der Waals surface area contributed by atoms with Crippen LogP contribution in [0, 0.1) is 5.92 Å². The molecule has 2 aromatic rings.